The summed E-state index contributed by atoms with van der Waals surface area (Å²) in [5.41, 5.74) is 0.625. The summed E-state index contributed by atoms with van der Waals surface area (Å²) in [7, 11) is 1.25. The van der Waals surface area contributed by atoms with Crippen molar-refractivity contribution in [2.45, 2.75) is 0 Å². The van der Waals surface area contributed by atoms with Gasteiger partial charge in [0.15, 0.2) is 5.11 Å². The molecule has 1 amide bonds. The van der Waals surface area contributed by atoms with Crippen molar-refractivity contribution in [2.75, 3.05) is 12.4 Å². The molecule has 0 atom stereocenters. The van der Waals surface area contributed by atoms with E-state index in [0.29, 0.717) is 0 Å². The number of carbonyl (C=O) groups is 2. The first kappa shape index (κ1) is 16.6. The van der Waals surface area contributed by atoms with Gasteiger partial charge in [-0.05, 0) is 42.5 Å². The lowest BCUT2D eigenvalue weighted by molar-refractivity contribution is 0.0600. The van der Waals surface area contributed by atoms with Gasteiger partial charge < -0.3 is 10.1 Å². The van der Waals surface area contributed by atoms with Crippen LogP contribution in [-0.2, 0) is 4.74 Å². The second-order valence-corrected chi connectivity index (χ2v) is 4.87. The Bertz CT molecular complexity index is 764. The summed E-state index contributed by atoms with van der Waals surface area (Å²) in [6.07, 6.45) is 0. The number of amides is 1. The molecule has 0 spiro atoms. The zero-order valence-corrected chi connectivity index (χ0v) is 12.9. The molecule has 2 aromatic rings. The van der Waals surface area contributed by atoms with Gasteiger partial charge in [-0.2, -0.15) is 0 Å². The molecule has 0 heterocycles. The number of hydrogen-bond acceptors (Lipinski definition) is 4. The number of esters is 1. The Morgan fingerprint density at radius 3 is 2.48 bits per heavy atom. The third-order valence-electron chi connectivity index (χ3n) is 2.89. The van der Waals surface area contributed by atoms with Crippen LogP contribution >= 0.6 is 12.2 Å². The van der Waals surface area contributed by atoms with Crippen LogP contribution < -0.4 is 10.6 Å². The van der Waals surface area contributed by atoms with Gasteiger partial charge in [-0.15, -0.1) is 0 Å². The lowest BCUT2D eigenvalue weighted by Crippen LogP contribution is -2.34. The highest BCUT2D eigenvalue weighted by Crippen LogP contribution is 2.12. The molecule has 0 saturated heterocycles. The van der Waals surface area contributed by atoms with Crippen molar-refractivity contribution >= 4 is 34.9 Å². The molecule has 2 aromatic carbocycles. The summed E-state index contributed by atoms with van der Waals surface area (Å²) in [6, 6.07) is 11.9. The van der Waals surface area contributed by atoms with Gasteiger partial charge in [0.1, 0.15) is 5.82 Å². The van der Waals surface area contributed by atoms with E-state index in [1.54, 1.807) is 18.2 Å². The molecule has 2 N–H and O–H groups in total. The Balaban J connectivity index is 2.06. The number of para-hydroxylation sites is 1. The van der Waals surface area contributed by atoms with Crippen molar-refractivity contribution in [3.8, 4) is 0 Å². The lowest BCUT2D eigenvalue weighted by Gasteiger charge is -2.10. The predicted octanol–water partition coefficient (Wildman–Crippen LogP) is 2.74. The summed E-state index contributed by atoms with van der Waals surface area (Å²) < 4.78 is 18.1. The Morgan fingerprint density at radius 1 is 1.09 bits per heavy atom. The fourth-order valence-corrected chi connectivity index (χ4v) is 2.00. The van der Waals surface area contributed by atoms with Crippen LogP contribution in [0.1, 0.15) is 20.7 Å². The number of benzene rings is 2. The highest BCUT2D eigenvalue weighted by atomic mass is 32.1. The Kier molecular flexibility index (Phi) is 5.37. The number of nitrogens with one attached hydrogen (secondary N) is 2. The molecule has 0 aliphatic heterocycles. The Hall–Kier alpha value is -2.80. The third-order valence-corrected chi connectivity index (χ3v) is 3.10. The minimum Gasteiger partial charge on any atom is -0.465 e. The van der Waals surface area contributed by atoms with Crippen molar-refractivity contribution in [2.24, 2.45) is 0 Å². The molecule has 0 bridgehead atoms. The van der Waals surface area contributed by atoms with Gasteiger partial charge in [-0.25, -0.2) is 9.18 Å². The first-order valence-corrected chi connectivity index (χ1v) is 6.97. The molecular weight excluding hydrogens is 319 g/mol. The maximum Gasteiger partial charge on any atom is 0.337 e. The molecule has 118 valence electrons. The van der Waals surface area contributed by atoms with Crippen LogP contribution in [0.4, 0.5) is 10.1 Å². The van der Waals surface area contributed by atoms with Crippen molar-refractivity contribution < 1.29 is 18.7 Å². The molecule has 5 nitrogen and oxygen atoms in total. The number of carbonyl (C=O) groups excluding carboxylic acids is 2. The van der Waals surface area contributed by atoms with Crippen LogP contribution in [0.2, 0.25) is 0 Å². The van der Waals surface area contributed by atoms with Crippen LogP contribution in [0, 0.1) is 5.82 Å². The Labute approximate surface area is 137 Å². The molecule has 0 fully saturated rings. The average molecular weight is 332 g/mol. The molecule has 0 aliphatic rings. The second-order valence-electron chi connectivity index (χ2n) is 4.46. The number of hydrogen-bond donors (Lipinski definition) is 2. The number of rotatable bonds is 3. The highest BCUT2D eigenvalue weighted by Gasteiger charge is 2.12. The van der Waals surface area contributed by atoms with Gasteiger partial charge in [0.2, 0.25) is 0 Å². The minimum absolute atomic E-state index is 0.0522. The van der Waals surface area contributed by atoms with Crippen molar-refractivity contribution in [1.82, 2.24) is 5.32 Å². The average Bonchev–Trinajstić information content (AvgIpc) is 2.56. The predicted molar refractivity (Wildman–Crippen MR) is 87.9 cm³/mol. The zero-order valence-electron chi connectivity index (χ0n) is 12.1. The maximum absolute atomic E-state index is 13.5. The minimum atomic E-state index is -0.549. The molecule has 0 aromatic heterocycles. The van der Waals surface area contributed by atoms with E-state index in [9.17, 15) is 14.0 Å². The summed E-state index contributed by atoms with van der Waals surface area (Å²) in [5, 5.41) is 4.96. The molecule has 0 saturated carbocycles. The Morgan fingerprint density at radius 2 is 1.78 bits per heavy atom. The SMILES string of the molecule is COC(=O)c1cccc(C(=O)NC(=S)Nc2ccccc2F)c1. The van der Waals surface area contributed by atoms with Crippen LogP contribution in [0.25, 0.3) is 0 Å². The summed E-state index contributed by atoms with van der Waals surface area (Å²) in [4.78, 5) is 23.6. The fourth-order valence-electron chi connectivity index (χ4n) is 1.80. The largest absolute Gasteiger partial charge is 0.465 e. The van der Waals surface area contributed by atoms with E-state index < -0.39 is 17.7 Å². The van der Waals surface area contributed by atoms with E-state index in [-0.39, 0.29) is 21.9 Å². The molecular formula is C16H13FN2O3S. The zero-order chi connectivity index (χ0) is 16.8. The number of ether oxygens (including phenoxy) is 1. The first-order valence-electron chi connectivity index (χ1n) is 6.56. The van der Waals surface area contributed by atoms with E-state index >= 15 is 0 Å². The van der Waals surface area contributed by atoms with Crippen LogP contribution in [0.5, 0.6) is 0 Å². The van der Waals surface area contributed by atoms with Gasteiger partial charge in [0, 0.05) is 5.56 Å². The van der Waals surface area contributed by atoms with Crippen molar-refractivity contribution in [1.29, 1.82) is 0 Å². The normalized spacial score (nSPS) is 9.83. The lowest BCUT2D eigenvalue weighted by atomic mass is 10.1. The molecule has 0 aliphatic carbocycles. The number of halogens is 1. The monoisotopic (exact) mass is 332 g/mol. The first-order chi connectivity index (χ1) is 11.0. The maximum atomic E-state index is 13.5. The molecule has 7 heteroatoms. The van der Waals surface area contributed by atoms with Gasteiger partial charge in [-0.3, -0.25) is 10.1 Å². The van der Waals surface area contributed by atoms with Gasteiger partial charge in [0.25, 0.3) is 5.91 Å². The topological polar surface area (TPSA) is 67.4 Å². The van der Waals surface area contributed by atoms with Gasteiger partial charge >= 0.3 is 5.97 Å². The number of anilines is 1. The second kappa shape index (κ2) is 7.46. The van der Waals surface area contributed by atoms with Crippen LogP contribution in [0.3, 0.4) is 0 Å². The van der Waals surface area contributed by atoms with Gasteiger partial charge in [0.05, 0.1) is 18.4 Å². The van der Waals surface area contributed by atoms with Crippen molar-refractivity contribution in [3.05, 3.63) is 65.5 Å². The van der Waals surface area contributed by atoms with E-state index in [4.69, 9.17) is 12.2 Å². The standard InChI is InChI=1S/C16H13FN2O3S/c1-22-15(21)11-6-4-5-10(9-11)14(20)19-16(23)18-13-8-3-2-7-12(13)17/h2-9H,1H3,(H2,18,19,20,23). The number of methoxy groups -OCH3 is 1. The van der Waals surface area contributed by atoms with Crippen molar-refractivity contribution in [3.63, 3.8) is 0 Å². The van der Waals surface area contributed by atoms with E-state index in [0.717, 1.165) is 0 Å². The summed E-state index contributed by atoms with van der Waals surface area (Å²) in [6.45, 7) is 0. The molecule has 0 unspecified atom stereocenters. The van der Waals surface area contributed by atoms with Crippen LogP contribution in [0.15, 0.2) is 48.5 Å². The molecule has 0 radical (unpaired) electrons. The smallest absolute Gasteiger partial charge is 0.337 e. The van der Waals surface area contributed by atoms with E-state index in [1.807, 2.05) is 0 Å². The third kappa shape index (κ3) is 4.33. The highest BCUT2D eigenvalue weighted by molar-refractivity contribution is 7.80. The van der Waals surface area contributed by atoms with E-state index in [1.165, 1.54) is 37.4 Å². The molecule has 23 heavy (non-hydrogen) atoms. The van der Waals surface area contributed by atoms with E-state index in [2.05, 4.69) is 15.4 Å². The quantitative estimate of drug-likeness (QED) is 0.668. The fraction of sp³-hybridized carbons (Fsp3) is 0.0625. The summed E-state index contributed by atoms with van der Waals surface area (Å²) in [5.74, 6) is -1.56. The van der Waals surface area contributed by atoms with Crippen LogP contribution in [-0.4, -0.2) is 24.1 Å². The molecule has 2 rings (SSSR count). The summed E-state index contributed by atoms with van der Waals surface area (Å²) >= 11 is 4.98. The van der Waals surface area contributed by atoms with Gasteiger partial charge in [-0.1, -0.05) is 18.2 Å². The number of thiocarbonyl (C=S) groups is 1.